The molecule has 0 spiro atoms. The zero-order chi connectivity index (χ0) is 17.6. The molecule has 128 valence electrons. The maximum absolute atomic E-state index is 12.3. The van der Waals surface area contributed by atoms with Crippen LogP contribution in [0.3, 0.4) is 0 Å². The van der Waals surface area contributed by atoms with E-state index >= 15 is 0 Å². The summed E-state index contributed by atoms with van der Waals surface area (Å²) in [5, 5.41) is 3.04. The quantitative estimate of drug-likeness (QED) is 0.634. The predicted octanol–water partition coefficient (Wildman–Crippen LogP) is 4.88. The Bertz CT molecular complexity index is 804. The average Bonchev–Trinajstić information content (AvgIpc) is 3.18. The maximum atomic E-state index is 12.3. The molecular formula is C21H22N2OS. The second-order valence-electron chi connectivity index (χ2n) is 5.89. The Morgan fingerprint density at radius 1 is 0.960 bits per heavy atom. The van der Waals surface area contributed by atoms with E-state index in [0.29, 0.717) is 0 Å². The van der Waals surface area contributed by atoms with E-state index in [1.54, 1.807) is 11.3 Å². The van der Waals surface area contributed by atoms with Crippen LogP contribution in [-0.4, -0.2) is 28.9 Å². The summed E-state index contributed by atoms with van der Waals surface area (Å²) in [5.41, 5.74) is 4.37. The highest BCUT2D eigenvalue weighted by Crippen LogP contribution is 2.22. The molecule has 0 fully saturated rings. The molecule has 1 amide bonds. The topological polar surface area (TPSA) is 33.2 Å². The molecule has 0 bridgehead atoms. The third-order valence-corrected chi connectivity index (χ3v) is 5.12. The van der Waals surface area contributed by atoms with E-state index in [1.165, 1.54) is 11.1 Å². The van der Waals surface area contributed by atoms with Crippen molar-refractivity contribution in [1.82, 2.24) is 9.88 Å². The lowest BCUT2D eigenvalue weighted by molar-refractivity contribution is 0.0773. The number of carbonyl (C=O) groups is 1. The van der Waals surface area contributed by atoms with Gasteiger partial charge in [-0.2, -0.15) is 0 Å². The summed E-state index contributed by atoms with van der Waals surface area (Å²) in [4.78, 5) is 18.5. The van der Waals surface area contributed by atoms with E-state index in [-0.39, 0.29) is 5.91 Å². The van der Waals surface area contributed by atoms with Gasteiger partial charge in [0.25, 0.3) is 5.91 Å². The van der Waals surface area contributed by atoms with Crippen molar-refractivity contribution in [3.05, 3.63) is 76.8 Å². The van der Waals surface area contributed by atoms with Crippen LogP contribution in [0.4, 0.5) is 0 Å². The molecule has 2 aromatic carbocycles. The number of rotatable bonds is 6. The van der Waals surface area contributed by atoms with E-state index in [4.69, 9.17) is 0 Å². The SMILES string of the molecule is CCN(CC)C(=O)c1ccc(Cc2ccc(-c3nccs3)cc2)cc1. The Balaban J connectivity index is 1.68. The van der Waals surface area contributed by atoms with Gasteiger partial charge in [0.2, 0.25) is 0 Å². The van der Waals surface area contributed by atoms with Crippen LogP contribution in [0.25, 0.3) is 10.6 Å². The van der Waals surface area contributed by atoms with Crippen LogP contribution in [-0.2, 0) is 6.42 Å². The smallest absolute Gasteiger partial charge is 0.253 e. The van der Waals surface area contributed by atoms with Gasteiger partial charge in [0.05, 0.1) is 0 Å². The first kappa shape index (κ1) is 17.4. The summed E-state index contributed by atoms with van der Waals surface area (Å²) < 4.78 is 0. The maximum Gasteiger partial charge on any atom is 0.253 e. The van der Waals surface area contributed by atoms with E-state index in [2.05, 4.69) is 29.2 Å². The number of nitrogens with zero attached hydrogens (tertiary/aromatic N) is 2. The lowest BCUT2D eigenvalue weighted by atomic mass is 10.0. The van der Waals surface area contributed by atoms with Gasteiger partial charge in [-0.1, -0.05) is 36.4 Å². The predicted molar refractivity (Wildman–Crippen MR) is 104 cm³/mol. The number of hydrogen-bond donors (Lipinski definition) is 0. The van der Waals surface area contributed by atoms with E-state index in [1.807, 2.05) is 54.6 Å². The standard InChI is InChI=1S/C21H22N2OS/c1-3-23(4-2)21(24)19-11-7-17(8-12-19)15-16-5-9-18(10-6-16)20-22-13-14-25-20/h5-14H,3-4,15H2,1-2H3. The second kappa shape index (κ2) is 8.08. The van der Waals surface area contributed by atoms with Gasteiger partial charge >= 0.3 is 0 Å². The van der Waals surface area contributed by atoms with Crippen molar-refractivity contribution >= 4 is 17.2 Å². The number of amides is 1. The van der Waals surface area contributed by atoms with Crippen LogP contribution < -0.4 is 0 Å². The van der Waals surface area contributed by atoms with Gasteiger partial charge < -0.3 is 4.90 Å². The van der Waals surface area contributed by atoms with Crippen molar-refractivity contribution in [3.8, 4) is 10.6 Å². The summed E-state index contributed by atoms with van der Waals surface area (Å²) >= 11 is 1.65. The monoisotopic (exact) mass is 350 g/mol. The third kappa shape index (κ3) is 4.15. The van der Waals surface area contributed by atoms with Gasteiger partial charge in [-0.25, -0.2) is 4.98 Å². The molecule has 3 aromatic rings. The minimum absolute atomic E-state index is 0.101. The number of aromatic nitrogens is 1. The number of hydrogen-bond acceptors (Lipinski definition) is 3. The number of carbonyl (C=O) groups excluding carboxylic acids is 1. The van der Waals surface area contributed by atoms with Crippen LogP contribution in [0.15, 0.2) is 60.1 Å². The van der Waals surface area contributed by atoms with Gasteiger partial charge in [0.1, 0.15) is 5.01 Å². The number of thiazole rings is 1. The van der Waals surface area contributed by atoms with Gasteiger partial charge in [0, 0.05) is 35.8 Å². The molecule has 3 nitrogen and oxygen atoms in total. The minimum atomic E-state index is 0.101. The van der Waals surface area contributed by atoms with Gasteiger partial charge in [-0.3, -0.25) is 4.79 Å². The zero-order valence-electron chi connectivity index (χ0n) is 14.6. The van der Waals surface area contributed by atoms with Gasteiger partial charge in [-0.05, 0) is 43.5 Å². The van der Waals surface area contributed by atoms with Crippen molar-refractivity contribution in [3.63, 3.8) is 0 Å². The molecule has 3 rings (SSSR count). The fourth-order valence-corrected chi connectivity index (χ4v) is 3.47. The van der Waals surface area contributed by atoms with E-state index < -0.39 is 0 Å². The normalized spacial score (nSPS) is 10.6. The Labute approximate surface area is 153 Å². The molecule has 0 aliphatic carbocycles. The Hall–Kier alpha value is -2.46. The molecule has 0 unspecified atom stereocenters. The first-order chi connectivity index (χ1) is 12.2. The van der Waals surface area contributed by atoms with Crippen molar-refractivity contribution in [2.45, 2.75) is 20.3 Å². The molecule has 1 heterocycles. The average molecular weight is 350 g/mol. The number of benzene rings is 2. The summed E-state index contributed by atoms with van der Waals surface area (Å²) in [7, 11) is 0. The van der Waals surface area contributed by atoms with Gasteiger partial charge in [-0.15, -0.1) is 11.3 Å². The molecule has 0 N–H and O–H groups in total. The van der Waals surface area contributed by atoms with Gasteiger partial charge in [0.15, 0.2) is 0 Å². The lowest BCUT2D eigenvalue weighted by Gasteiger charge is -2.18. The fourth-order valence-electron chi connectivity index (χ4n) is 2.83. The Kier molecular flexibility index (Phi) is 5.61. The molecule has 0 aliphatic heterocycles. The molecule has 0 aliphatic rings. The molecule has 0 atom stereocenters. The summed E-state index contributed by atoms with van der Waals surface area (Å²) in [6.45, 7) is 5.49. The molecule has 1 aromatic heterocycles. The molecule has 25 heavy (non-hydrogen) atoms. The lowest BCUT2D eigenvalue weighted by Crippen LogP contribution is -2.30. The van der Waals surface area contributed by atoms with Crippen LogP contribution in [0, 0.1) is 0 Å². The highest BCUT2D eigenvalue weighted by molar-refractivity contribution is 7.13. The van der Waals surface area contributed by atoms with Crippen LogP contribution in [0.5, 0.6) is 0 Å². The van der Waals surface area contributed by atoms with Crippen LogP contribution in [0.2, 0.25) is 0 Å². The van der Waals surface area contributed by atoms with E-state index in [0.717, 1.165) is 35.6 Å². The van der Waals surface area contributed by atoms with E-state index in [9.17, 15) is 4.79 Å². The molecule has 0 radical (unpaired) electrons. The molecule has 0 saturated heterocycles. The molecule has 4 heteroatoms. The highest BCUT2D eigenvalue weighted by Gasteiger charge is 2.11. The molecular weight excluding hydrogens is 328 g/mol. The van der Waals surface area contributed by atoms with Crippen LogP contribution >= 0.6 is 11.3 Å². The zero-order valence-corrected chi connectivity index (χ0v) is 15.4. The summed E-state index contributed by atoms with van der Waals surface area (Å²) in [6, 6.07) is 16.5. The highest BCUT2D eigenvalue weighted by atomic mass is 32.1. The van der Waals surface area contributed by atoms with Crippen molar-refractivity contribution in [1.29, 1.82) is 0 Å². The second-order valence-corrected chi connectivity index (χ2v) is 6.78. The minimum Gasteiger partial charge on any atom is -0.339 e. The van der Waals surface area contributed by atoms with Crippen LogP contribution in [0.1, 0.15) is 35.3 Å². The first-order valence-electron chi connectivity index (χ1n) is 8.58. The van der Waals surface area contributed by atoms with Crippen molar-refractivity contribution in [2.24, 2.45) is 0 Å². The third-order valence-electron chi connectivity index (χ3n) is 4.29. The first-order valence-corrected chi connectivity index (χ1v) is 9.46. The Morgan fingerprint density at radius 3 is 2.08 bits per heavy atom. The summed E-state index contributed by atoms with van der Waals surface area (Å²) in [6.07, 6.45) is 2.69. The van der Waals surface area contributed by atoms with Crippen molar-refractivity contribution in [2.75, 3.05) is 13.1 Å². The van der Waals surface area contributed by atoms with Crippen molar-refractivity contribution < 1.29 is 4.79 Å². The summed E-state index contributed by atoms with van der Waals surface area (Å²) in [5.74, 6) is 0.101. The molecule has 0 saturated carbocycles. The largest absolute Gasteiger partial charge is 0.339 e. The fraction of sp³-hybridized carbons (Fsp3) is 0.238. The Morgan fingerprint density at radius 2 is 1.56 bits per heavy atom.